The van der Waals surface area contributed by atoms with Crippen molar-refractivity contribution in [3.05, 3.63) is 41.7 Å². The van der Waals surface area contributed by atoms with Gasteiger partial charge in [-0.3, -0.25) is 9.40 Å². The van der Waals surface area contributed by atoms with Gasteiger partial charge in [0.15, 0.2) is 0 Å². The quantitative estimate of drug-likeness (QED) is 0.825. The monoisotopic (exact) mass is 363 g/mol. The fourth-order valence-corrected chi connectivity index (χ4v) is 4.32. The molecule has 3 rings (SSSR count). The summed E-state index contributed by atoms with van der Waals surface area (Å²) in [7, 11) is -2.45. The average Bonchev–Trinajstić information content (AvgIpc) is 3.24. The van der Waals surface area contributed by atoms with E-state index in [0.717, 1.165) is 25.7 Å². The maximum atomic E-state index is 12.7. The second kappa shape index (κ2) is 6.87. The minimum Gasteiger partial charge on any atom is -0.465 e. The molecule has 7 nitrogen and oxygen atoms in total. The van der Waals surface area contributed by atoms with E-state index in [-0.39, 0.29) is 10.9 Å². The Morgan fingerprint density at radius 3 is 2.48 bits per heavy atom. The maximum Gasteiger partial charge on any atom is 0.337 e. The number of hydrogen-bond acceptors (Lipinski definition) is 5. The van der Waals surface area contributed by atoms with Gasteiger partial charge in [-0.25, -0.2) is 13.2 Å². The van der Waals surface area contributed by atoms with Crippen LogP contribution < -0.4 is 4.72 Å². The topological polar surface area (TPSA) is 90.3 Å². The molecule has 1 aromatic heterocycles. The maximum absolute atomic E-state index is 12.7. The molecule has 1 fully saturated rings. The third-order valence-corrected chi connectivity index (χ3v) is 5.90. The van der Waals surface area contributed by atoms with E-state index in [9.17, 15) is 13.2 Å². The van der Waals surface area contributed by atoms with Crippen LogP contribution in [0.5, 0.6) is 0 Å². The standard InChI is InChI=1S/C17H21N3O4S/c1-12-16(11-20(18-12)15-5-3-4-6-15)25(22,23)19-14-9-7-13(8-10-14)17(21)24-2/h7-11,15,19H,3-6H2,1-2H3. The van der Waals surface area contributed by atoms with Crippen LogP contribution in [-0.4, -0.2) is 31.3 Å². The van der Waals surface area contributed by atoms with Crippen LogP contribution in [0.1, 0.15) is 47.8 Å². The summed E-state index contributed by atoms with van der Waals surface area (Å²) < 4.78 is 34.3. The number of nitrogens with one attached hydrogen (secondary N) is 1. The van der Waals surface area contributed by atoms with Crippen LogP contribution in [-0.2, 0) is 14.8 Å². The van der Waals surface area contributed by atoms with E-state index in [1.54, 1.807) is 17.8 Å². The molecule has 0 amide bonds. The van der Waals surface area contributed by atoms with Gasteiger partial charge in [-0.05, 0) is 44.0 Å². The van der Waals surface area contributed by atoms with Gasteiger partial charge in [0.25, 0.3) is 10.0 Å². The third kappa shape index (κ3) is 3.68. The molecule has 0 saturated heterocycles. The SMILES string of the molecule is COC(=O)c1ccc(NS(=O)(=O)c2cn(C3CCCC3)nc2C)cc1. The van der Waals surface area contributed by atoms with E-state index in [1.165, 1.54) is 31.4 Å². The predicted octanol–water partition coefficient (Wildman–Crippen LogP) is 2.89. The van der Waals surface area contributed by atoms with Crippen LogP contribution >= 0.6 is 0 Å². The Labute approximate surface area is 147 Å². The van der Waals surface area contributed by atoms with Crippen molar-refractivity contribution >= 4 is 21.7 Å². The van der Waals surface area contributed by atoms with Crippen LogP contribution in [0, 0.1) is 6.92 Å². The molecule has 25 heavy (non-hydrogen) atoms. The smallest absolute Gasteiger partial charge is 0.337 e. The molecule has 2 aromatic rings. The van der Waals surface area contributed by atoms with Crippen LogP contribution in [0.4, 0.5) is 5.69 Å². The highest BCUT2D eigenvalue weighted by Gasteiger charge is 2.24. The Kier molecular flexibility index (Phi) is 4.80. The molecular weight excluding hydrogens is 342 g/mol. The number of carbonyl (C=O) groups excluding carboxylic acids is 1. The molecular formula is C17H21N3O4S. The lowest BCUT2D eigenvalue weighted by molar-refractivity contribution is 0.0601. The summed E-state index contributed by atoms with van der Waals surface area (Å²) in [5.41, 5.74) is 1.21. The molecule has 1 saturated carbocycles. The number of benzene rings is 1. The van der Waals surface area contributed by atoms with Crippen LogP contribution in [0.15, 0.2) is 35.4 Å². The van der Waals surface area contributed by atoms with E-state index in [0.29, 0.717) is 16.9 Å². The first kappa shape index (κ1) is 17.5. The first-order valence-electron chi connectivity index (χ1n) is 8.17. The van der Waals surface area contributed by atoms with Gasteiger partial charge in [-0.2, -0.15) is 5.10 Å². The van der Waals surface area contributed by atoms with E-state index < -0.39 is 16.0 Å². The lowest BCUT2D eigenvalue weighted by Gasteiger charge is -2.09. The lowest BCUT2D eigenvalue weighted by atomic mass is 10.2. The number of aryl methyl sites for hydroxylation is 1. The molecule has 0 radical (unpaired) electrons. The summed E-state index contributed by atoms with van der Waals surface area (Å²) in [4.78, 5) is 11.6. The molecule has 0 spiro atoms. The molecule has 0 atom stereocenters. The number of hydrogen-bond donors (Lipinski definition) is 1. The molecule has 0 unspecified atom stereocenters. The van der Waals surface area contributed by atoms with Crippen molar-refractivity contribution in [3.63, 3.8) is 0 Å². The largest absolute Gasteiger partial charge is 0.465 e. The van der Waals surface area contributed by atoms with Gasteiger partial charge in [-0.1, -0.05) is 12.8 Å². The van der Waals surface area contributed by atoms with Crippen molar-refractivity contribution in [3.8, 4) is 0 Å². The molecule has 1 N–H and O–H groups in total. The van der Waals surface area contributed by atoms with Gasteiger partial charge < -0.3 is 4.74 Å². The number of nitrogens with zero attached hydrogens (tertiary/aromatic N) is 2. The van der Waals surface area contributed by atoms with Crippen molar-refractivity contribution in [1.82, 2.24) is 9.78 Å². The fourth-order valence-electron chi connectivity index (χ4n) is 3.09. The van der Waals surface area contributed by atoms with E-state index in [1.807, 2.05) is 0 Å². The number of carbonyl (C=O) groups is 1. The summed E-state index contributed by atoms with van der Waals surface area (Å²) in [6.45, 7) is 1.69. The Hall–Kier alpha value is -2.35. The van der Waals surface area contributed by atoms with Crippen LogP contribution in [0.3, 0.4) is 0 Å². The van der Waals surface area contributed by atoms with Crippen molar-refractivity contribution in [2.24, 2.45) is 0 Å². The molecule has 0 aliphatic heterocycles. The number of sulfonamides is 1. The predicted molar refractivity (Wildman–Crippen MR) is 93.1 cm³/mol. The van der Waals surface area contributed by atoms with Gasteiger partial charge in [0.2, 0.25) is 0 Å². The third-order valence-electron chi connectivity index (χ3n) is 4.42. The summed E-state index contributed by atoms with van der Waals surface area (Å²) in [6, 6.07) is 6.36. The van der Waals surface area contributed by atoms with Crippen molar-refractivity contribution in [1.29, 1.82) is 0 Å². The second-order valence-corrected chi connectivity index (χ2v) is 7.82. The Morgan fingerprint density at radius 1 is 1.24 bits per heavy atom. The second-order valence-electron chi connectivity index (χ2n) is 6.17. The Bertz CT molecular complexity index is 866. The van der Waals surface area contributed by atoms with E-state index in [4.69, 9.17) is 0 Å². The molecule has 1 aromatic carbocycles. The van der Waals surface area contributed by atoms with Crippen molar-refractivity contribution < 1.29 is 17.9 Å². The lowest BCUT2D eigenvalue weighted by Crippen LogP contribution is -2.13. The number of ether oxygens (including phenoxy) is 1. The van der Waals surface area contributed by atoms with E-state index >= 15 is 0 Å². The minimum atomic E-state index is -3.74. The number of methoxy groups -OCH3 is 1. The van der Waals surface area contributed by atoms with Gasteiger partial charge in [0, 0.05) is 11.9 Å². The van der Waals surface area contributed by atoms with Gasteiger partial charge in [0.05, 0.1) is 24.4 Å². The summed E-state index contributed by atoms with van der Waals surface area (Å²) >= 11 is 0. The molecule has 1 aliphatic rings. The molecule has 134 valence electrons. The number of aromatic nitrogens is 2. The summed E-state index contributed by atoms with van der Waals surface area (Å²) in [5.74, 6) is -0.469. The number of rotatable bonds is 5. The van der Waals surface area contributed by atoms with Crippen molar-refractivity contribution in [2.45, 2.75) is 43.5 Å². The zero-order valence-corrected chi connectivity index (χ0v) is 15.0. The first-order chi connectivity index (χ1) is 11.9. The average molecular weight is 363 g/mol. The Balaban J connectivity index is 1.81. The van der Waals surface area contributed by atoms with Gasteiger partial charge >= 0.3 is 5.97 Å². The highest BCUT2D eigenvalue weighted by molar-refractivity contribution is 7.92. The minimum absolute atomic E-state index is 0.177. The summed E-state index contributed by atoms with van der Waals surface area (Å²) in [6.07, 6.45) is 5.97. The molecule has 1 aliphatic carbocycles. The highest BCUT2D eigenvalue weighted by atomic mass is 32.2. The molecule has 1 heterocycles. The molecule has 0 bridgehead atoms. The van der Waals surface area contributed by atoms with Gasteiger partial charge in [0.1, 0.15) is 4.90 Å². The zero-order valence-electron chi connectivity index (χ0n) is 14.2. The number of esters is 1. The fraction of sp³-hybridized carbons (Fsp3) is 0.412. The summed E-state index contributed by atoms with van der Waals surface area (Å²) in [5, 5.41) is 4.39. The van der Waals surface area contributed by atoms with Crippen LogP contribution in [0.2, 0.25) is 0 Å². The van der Waals surface area contributed by atoms with Gasteiger partial charge in [-0.15, -0.1) is 0 Å². The van der Waals surface area contributed by atoms with E-state index in [2.05, 4.69) is 14.6 Å². The first-order valence-corrected chi connectivity index (χ1v) is 9.66. The molecule has 8 heteroatoms. The number of anilines is 1. The normalized spacial score (nSPS) is 15.3. The Morgan fingerprint density at radius 2 is 1.88 bits per heavy atom. The van der Waals surface area contributed by atoms with Crippen LogP contribution in [0.25, 0.3) is 0 Å². The zero-order chi connectivity index (χ0) is 18.0. The highest BCUT2D eigenvalue weighted by Crippen LogP contribution is 2.30. The van der Waals surface area contributed by atoms with Crippen molar-refractivity contribution in [2.75, 3.05) is 11.8 Å².